The van der Waals surface area contributed by atoms with E-state index >= 15 is 0 Å². The lowest BCUT2D eigenvalue weighted by molar-refractivity contribution is -0.0441. The number of carbonyl (C=O) groups is 1. The van der Waals surface area contributed by atoms with Crippen LogP contribution in [-0.2, 0) is 10.3 Å². The van der Waals surface area contributed by atoms with Gasteiger partial charge in [0.15, 0.2) is 0 Å². The third-order valence-electron chi connectivity index (χ3n) is 3.82. The summed E-state index contributed by atoms with van der Waals surface area (Å²) < 4.78 is 10.7. The minimum absolute atomic E-state index is 0.318. The van der Waals surface area contributed by atoms with E-state index in [2.05, 4.69) is 0 Å². The van der Waals surface area contributed by atoms with Gasteiger partial charge in [-0.25, -0.2) is 4.79 Å². The van der Waals surface area contributed by atoms with E-state index in [9.17, 15) is 4.79 Å². The summed E-state index contributed by atoms with van der Waals surface area (Å²) in [4.78, 5) is 14.1. The Morgan fingerprint density at radius 3 is 2.62 bits per heavy atom. The maximum atomic E-state index is 12.4. The molecule has 1 aliphatic heterocycles. The van der Waals surface area contributed by atoms with E-state index in [1.807, 2.05) is 45.0 Å². The van der Waals surface area contributed by atoms with E-state index in [0.717, 1.165) is 17.7 Å². The van der Waals surface area contributed by atoms with Gasteiger partial charge in [-0.15, -0.1) is 0 Å². The summed E-state index contributed by atoms with van der Waals surface area (Å²) in [6.07, 6.45) is 0.512. The van der Waals surface area contributed by atoms with Crippen molar-refractivity contribution in [1.29, 1.82) is 0 Å². The molecule has 0 bridgehead atoms. The Labute approximate surface area is 126 Å². The molecule has 5 nitrogen and oxygen atoms in total. The molecule has 2 rings (SSSR count). The van der Waals surface area contributed by atoms with Crippen molar-refractivity contribution in [2.75, 3.05) is 20.2 Å². The van der Waals surface area contributed by atoms with Crippen molar-refractivity contribution in [1.82, 2.24) is 4.90 Å². The van der Waals surface area contributed by atoms with Crippen molar-refractivity contribution in [2.45, 2.75) is 38.3 Å². The SMILES string of the molecule is COc1cccc(C2(CN)CCN2C(=O)OC(C)(C)C)c1. The fourth-order valence-electron chi connectivity index (χ4n) is 2.62. The second-order valence-corrected chi connectivity index (χ2v) is 6.35. The monoisotopic (exact) mass is 292 g/mol. The summed E-state index contributed by atoms with van der Waals surface area (Å²) >= 11 is 0. The normalized spacial score (nSPS) is 21.7. The third kappa shape index (κ3) is 2.97. The first-order valence-electron chi connectivity index (χ1n) is 7.17. The van der Waals surface area contributed by atoms with E-state index in [4.69, 9.17) is 15.2 Å². The minimum Gasteiger partial charge on any atom is -0.497 e. The average Bonchev–Trinajstić information content (AvgIpc) is 2.36. The van der Waals surface area contributed by atoms with Gasteiger partial charge in [-0.1, -0.05) is 12.1 Å². The lowest BCUT2D eigenvalue weighted by Crippen LogP contribution is -2.63. The van der Waals surface area contributed by atoms with Crippen LogP contribution in [0.5, 0.6) is 5.75 Å². The van der Waals surface area contributed by atoms with Gasteiger partial charge in [0.2, 0.25) is 0 Å². The number of methoxy groups -OCH3 is 1. The van der Waals surface area contributed by atoms with Gasteiger partial charge < -0.3 is 15.2 Å². The van der Waals surface area contributed by atoms with Gasteiger partial charge in [-0.3, -0.25) is 4.90 Å². The maximum Gasteiger partial charge on any atom is 0.411 e. The van der Waals surface area contributed by atoms with Gasteiger partial charge in [0.1, 0.15) is 11.4 Å². The first-order valence-corrected chi connectivity index (χ1v) is 7.17. The molecule has 1 unspecified atom stereocenters. The van der Waals surface area contributed by atoms with Crippen LogP contribution >= 0.6 is 0 Å². The number of rotatable bonds is 3. The van der Waals surface area contributed by atoms with Gasteiger partial charge in [-0.2, -0.15) is 0 Å². The standard InChI is InChI=1S/C16H24N2O3/c1-15(2,3)21-14(19)18-9-8-16(18,11-17)12-6-5-7-13(10-12)20-4/h5-7,10H,8-9,11,17H2,1-4H3. The predicted molar refractivity (Wildman–Crippen MR) is 81.3 cm³/mol. The molecule has 1 saturated heterocycles. The Hall–Kier alpha value is -1.75. The van der Waals surface area contributed by atoms with Crippen LogP contribution in [0.4, 0.5) is 4.79 Å². The Bertz CT molecular complexity index is 520. The molecule has 1 amide bonds. The van der Waals surface area contributed by atoms with E-state index in [1.165, 1.54) is 0 Å². The van der Waals surface area contributed by atoms with Gasteiger partial charge >= 0.3 is 6.09 Å². The summed E-state index contributed by atoms with van der Waals surface area (Å²) in [6, 6.07) is 7.71. The lowest BCUT2D eigenvalue weighted by atomic mass is 9.78. The molecule has 0 aliphatic carbocycles. The van der Waals surface area contributed by atoms with Crippen LogP contribution in [0.3, 0.4) is 0 Å². The molecule has 1 fully saturated rings. The highest BCUT2D eigenvalue weighted by atomic mass is 16.6. The lowest BCUT2D eigenvalue weighted by Gasteiger charge is -2.52. The summed E-state index contributed by atoms with van der Waals surface area (Å²) in [7, 11) is 1.63. The van der Waals surface area contributed by atoms with Crippen LogP contribution < -0.4 is 10.5 Å². The number of likely N-dealkylation sites (tertiary alicyclic amines) is 1. The van der Waals surface area contributed by atoms with Crippen molar-refractivity contribution >= 4 is 6.09 Å². The summed E-state index contributed by atoms with van der Waals surface area (Å²) in [5.41, 5.74) is 5.98. The molecule has 1 aliphatic rings. The first-order chi connectivity index (χ1) is 9.82. The molecule has 1 aromatic carbocycles. The largest absolute Gasteiger partial charge is 0.497 e. The molecule has 0 spiro atoms. The van der Waals surface area contributed by atoms with Crippen LogP contribution in [0.1, 0.15) is 32.8 Å². The number of amides is 1. The molecule has 0 saturated carbocycles. The Balaban J connectivity index is 2.27. The third-order valence-corrected chi connectivity index (χ3v) is 3.82. The van der Waals surface area contributed by atoms with Crippen molar-refractivity contribution in [3.63, 3.8) is 0 Å². The second-order valence-electron chi connectivity index (χ2n) is 6.35. The molecule has 21 heavy (non-hydrogen) atoms. The number of nitrogens with zero attached hydrogens (tertiary/aromatic N) is 1. The molecular weight excluding hydrogens is 268 g/mol. The van der Waals surface area contributed by atoms with Crippen LogP contribution in [0.25, 0.3) is 0 Å². The molecule has 5 heteroatoms. The smallest absolute Gasteiger partial charge is 0.411 e. The Morgan fingerprint density at radius 1 is 1.43 bits per heavy atom. The summed E-state index contributed by atoms with van der Waals surface area (Å²) in [5.74, 6) is 0.761. The molecule has 1 aromatic rings. The van der Waals surface area contributed by atoms with Crippen molar-refractivity contribution < 1.29 is 14.3 Å². The molecule has 0 radical (unpaired) electrons. The van der Waals surface area contributed by atoms with Crippen molar-refractivity contribution in [3.05, 3.63) is 29.8 Å². The molecule has 116 valence electrons. The number of nitrogens with two attached hydrogens (primary N) is 1. The van der Waals surface area contributed by atoms with E-state index in [1.54, 1.807) is 12.0 Å². The van der Waals surface area contributed by atoms with Crippen LogP contribution in [0.15, 0.2) is 24.3 Å². The molecule has 1 heterocycles. The van der Waals surface area contributed by atoms with Gasteiger partial charge in [0, 0.05) is 13.1 Å². The summed E-state index contributed by atoms with van der Waals surface area (Å²) in [5, 5.41) is 0. The number of benzene rings is 1. The topological polar surface area (TPSA) is 64.8 Å². The molecule has 1 atom stereocenters. The maximum absolute atomic E-state index is 12.4. The summed E-state index contributed by atoms with van der Waals surface area (Å²) in [6.45, 7) is 6.60. The van der Waals surface area contributed by atoms with Crippen LogP contribution in [-0.4, -0.2) is 36.8 Å². The van der Waals surface area contributed by atoms with Crippen molar-refractivity contribution in [3.8, 4) is 5.75 Å². The van der Waals surface area contributed by atoms with Gasteiger partial charge in [0.05, 0.1) is 12.6 Å². The van der Waals surface area contributed by atoms with E-state index < -0.39 is 11.1 Å². The molecule has 2 N–H and O–H groups in total. The highest BCUT2D eigenvalue weighted by Gasteiger charge is 2.49. The Kier molecular flexibility index (Phi) is 4.14. The number of ether oxygens (including phenoxy) is 2. The fourth-order valence-corrected chi connectivity index (χ4v) is 2.62. The second kappa shape index (κ2) is 5.56. The van der Waals surface area contributed by atoms with Crippen LogP contribution in [0, 0.1) is 0 Å². The van der Waals surface area contributed by atoms with Crippen molar-refractivity contribution in [2.24, 2.45) is 5.73 Å². The predicted octanol–water partition coefficient (Wildman–Crippen LogP) is 2.49. The van der Waals surface area contributed by atoms with E-state index in [-0.39, 0.29) is 6.09 Å². The number of hydrogen-bond donors (Lipinski definition) is 1. The highest BCUT2D eigenvalue weighted by Crippen LogP contribution is 2.41. The fraction of sp³-hybridized carbons (Fsp3) is 0.562. The van der Waals surface area contributed by atoms with Gasteiger partial charge in [-0.05, 0) is 44.9 Å². The van der Waals surface area contributed by atoms with E-state index in [0.29, 0.717) is 13.1 Å². The average molecular weight is 292 g/mol. The highest BCUT2D eigenvalue weighted by molar-refractivity contribution is 5.71. The minimum atomic E-state index is -0.513. The molecular formula is C16H24N2O3. The zero-order valence-corrected chi connectivity index (χ0v) is 13.2. The van der Waals surface area contributed by atoms with Crippen LogP contribution in [0.2, 0.25) is 0 Å². The number of carbonyl (C=O) groups excluding carboxylic acids is 1. The quantitative estimate of drug-likeness (QED) is 0.929. The number of hydrogen-bond acceptors (Lipinski definition) is 4. The molecule has 0 aromatic heterocycles. The zero-order chi connectivity index (χ0) is 15.7. The zero-order valence-electron chi connectivity index (χ0n) is 13.2. The first kappa shape index (κ1) is 15.6. The van der Waals surface area contributed by atoms with Gasteiger partial charge in [0.25, 0.3) is 0 Å². The Morgan fingerprint density at radius 2 is 2.14 bits per heavy atom.